The Kier molecular flexibility index (Phi) is 4.34. The van der Waals surface area contributed by atoms with E-state index in [0.29, 0.717) is 6.54 Å². The number of hydrogen-bond donors (Lipinski definition) is 1. The van der Waals surface area contributed by atoms with Gasteiger partial charge in [0.1, 0.15) is 5.65 Å². The maximum Gasteiger partial charge on any atom is 0.137 e. The molecule has 0 spiro atoms. The van der Waals surface area contributed by atoms with E-state index in [4.69, 9.17) is 5.73 Å². The van der Waals surface area contributed by atoms with Crippen LogP contribution in [0.2, 0.25) is 0 Å². The Morgan fingerprint density at radius 1 is 1.09 bits per heavy atom. The number of nitrogens with two attached hydrogens (primary N) is 1. The van der Waals surface area contributed by atoms with Crippen LogP contribution in [0.4, 0.5) is 5.69 Å². The van der Waals surface area contributed by atoms with Crippen LogP contribution in [0.3, 0.4) is 0 Å². The third-order valence-electron chi connectivity index (χ3n) is 3.81. The normalized spacial score (nSPS) is 11.0. The molecule has 2 N–H and O–H groups in total. The number of nitrogens with zero attached hydrogens (tertiary/aromatic N) is 4. The molecule has 0 bridgehead atoms. The molecule has 3 heterocycles. The third kappa shape index (κ3) is 3.26. The van der Waals surface area contributed by atoms with Crippen LogP contribution in [0.15, 0.2) is 49.1 Å². The van der Waals surface area contributed by atoms with Crippen molar-refractivity contribution in [1.29, 1.82) is 0 Å². The number of rotatable bonds is 6. The van der Waals surface area contributed by atoms with Crippen LogP contribution >= 0.6 is 0 Å². The molecule has 0 atom stereocenters. The van der Waals surface area contributed by atoms with E-state index >= 15 is 0 Å². The summed E-state index contributed by atoms with van der Waals surface area (Å²) in [5.41, 5.74) is 10.1. The van der Waals surface area contributed by atoms with Crippen molar-refractivity contribution in [2.75, 3.05) is 25.0 Å². The third-order valence-corrected chi connectivity index (χ3v) is 3.81. The monoisotopic (exact) mass is 295 g/mol. The zero-order valence-corrected chi connectivity index (χ0v) is 12.8. The molecule has 0 aliphatic carbocycles. The second kappa shape index (κ2) is 6.58. The molecule has 0 amide bonds. The van der Waals surface area contributed by atoms with Gasteiger partial charge in [-0.2, -0.15) is 0 Å². The van der Waals surface area contributed by atoms with Gasteiger partial charge in [-0.25, -0.2) is 4.98 Å². The average Bonchev–Trinajstić information content (AvgIpc) is 2.95. The predicted octanol–water partition coefficient (Wildman–Crippen LogP) is 1.91. The Morgan fingerprint density at radius 3 is 2.68 bits per heavy atom. The van der Waals surface area contributed by atoms with Crippen LogP contribution < -0.4 is 10.6 Å². The SMILES string of the molecule is CN(CCc1ccncc1)c1ccc2nc(CCN)cn2c1. The van der Waals surface area contributed by atoms with Crippen molar-refractivity contribution in [1.82, 2.24) is 14.4 Å². The van der Waals surface area contributed by atoms with Crippen molar-refractivity contribution in [3.8, 4) is 0 Å². The smallest absolute Gasteiger partial charge is 0.137 e. The van der Waals surface area contributed by atoms with E-state index < -0.39 is 0 Å². The molecule has 5 nitrogen and oxygen atoms in total. The summed E-state index contributed by atoms with van der Waals surface area (Å²) >= 11 is 0. The first-order valence-electron chi connectivity index (χ1n) is 7.54. The van der Waals surface area contributed by atoms with Crippen molar-refractivity contribution in [2.24, 2.45) is 5.73 Å². The molecular weight excluding hydrogens is 274 g/mol. The summed E-state index contributed by atoms with van der Waals surface area (Å²) in [6, 6.07) is 8.29. The molecule has 5 heteroatoms. The molecule has 0 unspecified atom stereocenters. The van der Waals surface area contributed by atoms with Gasteiger partial charge in [0.25, 0.3) is 0 Å². The molecule has 3 aromatic heterocycles. The molecule has 0 aromatic carbocycles. The molecule has 3 rings (SSSR count). The number of aromatic nitrogens is 3. The number of pyridine rings is 2. The summed E-state index contributed by atoms with van der Waals surface area (Å²) in [4.78, 5) is 10.9. The van der Waals surface area contributed by atoms with Crippen molar-refractivity contribution < 1.29 is 0 Å². The predicted molar refractivity (Wildman–Crippen MR) is 89.2 cm³/mol. The minimum atomic E-state index is 0.628. The van der Waals surface area contributed by atoms with Crippen molar-refractivity contribution in [3.05, 3.63) is 60.3 Å². The largest absolute Gasteiger partial charge is 0.373 e. The Morgan fingerprint density at radius 2 is 1.91 bits per heavy atom. The Hall–Kier alpha value is -2.40. The maximum atomic E-state index is 5.59. The first kappa shape index (κ1) is 14.5. The van der Waals surface area contributed by atoms with Crippen LogP contribution in [0.25, 0.3) is 5.65 Å². The molecule has 3 aromatic rings. The quantitative estimate of drug-likeness (QED) is 0.754. The van der Waals surface area contributed by atoms with Crippen molar-refractivity contribution >= 4 is 11.3 Å². The van der Waals surface area contributed by atoms with Crippen LogP contribution in [0.5, 0.6) is 0 Å². The van der Waals surface area contributed by atoms with Gasteiger partial charge < -0.3 is 15.0 Å². The first-order valence-corrected chi connectivity index (χ1v) is 7.54. The van der Waals surface area contributed by atoms with Crippen LogP contribution in [0.1, 0.15) is 11.3 Å². The fourth-order valence-electron chi connectivity index (χ4n) is 2.50. The molecule has 0 radical (unpaired) electrons. The highest BCUT2D eigenvalue weighted by Gasteiger charge is 2.05. The lowest BCUT2D eigenvalue weighted by Crippen LogP contribution is -2.20. The zero-order chi connectivity index (χ0) is 15.4. The number of hydrogen-bond acceptors (Lipinski definition) is 4. The second-order valence-electron chi connectivity index (χ2n) is 5.45. The molecule has 0 aliphatic heterocycles. The molecule has 0 fully saturated rings. The fraction of sp³-hybridized carbons (Fsp3) is 0.294. The molecule has 0 aliphatic rings. The van der Waals surface area contributed by atoms with E-state index in [1.54, 1.807) is 0 Å². The van der Waals surface area contributed by atoms with Gasteiger partial charge in [0.15, 0.2) is 0 Å². The van der Waals surface area contributed by atoms with Crippen LogP contribution in [0, 0.1) is 0 Å². The lowest BCUT2D eigenvalue weighted by atomic mass is 10.2. The Bertz CT molecular complexity index is 735. The molecule has 0 saturated heterocycles. The lowest BCUT2D eigenvalue weighted by molar-refractivity contribution is 0.870. The van der Waals surface area contributed by atoms with Gasteiger partial charge in [-0.05, 0) is 42.8 Å². The highest BCUT2D eigenvalue weighted by atomic mass is 15.1. The molecule has 22 heavy (non-hydrogen) atoms. The second-order valence-corrected chi connectivity index (χ2v) is 5.45. The Balaban J connectivity index is 1.71. The summed E-state index contributed by atoms with van der Waals surface area (Å²) in [6.45, 7) is 1.59. The van der Waals surface area contributed by atoms with E-state index in [1.807, 2.05) is 12.4 Å². The van der Waals surface area contributed by atoms with E-state index in [-0.39, 0.29) is 0 Å². The minimum Gasteiger partial charge on any atom is -0.373 e. The highest BCUT2D eigenvalue weighted by Crippen LogP contribution is 2.16. The topological polar surface area (TPSA) is 59.5 Å². The number of imidazole rings is 1. The zero-order valence-electron chi connectivity index (χ0n) is 12.8. The summed E-state index contributed by atoms with van der Waals surface area (Å²) in [5.74, 6) is 0. The number of anilines is 1. The summed E-state index contributed by atoms with van der Waals surface area (Å²) in [7, 11) is 2.11. The van der Waals surface area contributed by atoms with E-state index in [1.165, 1.54) is 11.3 Å². The summed E-state index contributed by atoms with van der Waals surface area (Å²) < 4.78 is 2.07. The molecular formula is C17H21N5. The van der Waals surface area contributed by atoms with Crippen LogP contribution in [-0.4, -0.2) is 34.5 Å². The van der Waals surface area contributed by atoms with Crippen molar-refractivity contribution in [2.45, 2.75) is 12.8 Å². The maximum absolute atomic E-state index is 5.59. The lowest BCUT2D eigenvalue weighted by Gasteiger charge is -2.19. The van der Waals surface area contributed by atoms with Crippen LogP contribution in [-0.2, 0) is 12.8 Å². The molecule has 0 saturated carbocycles. The van der Waals surface area contributed by atoms with Gasteiger partial charge in [0.05, 0.1) is 11.4 Å². The van der Waals surface area contributed by atoms with Gasteiger partial charge in [-0.15, -0.1) is 0 Å². The van der Waals surface area contributed by atoms with E-state index in [0.717, 1.165) is 30.7 Å². The molecule has 114 valence electrons. The fourth-order valence-corrected chi connectivity index (χ4v) is 2.50. The average molecular weight is 295 g/mol. The first-order chi connectivity index (χ1) is 10.8. The van der Waals surface area contributed by atoms with Gasteiger partial charge in [-0.1, -0.05) is 0 Å². The van der Waals surface area contributed by atoms with Crippen molar-refractivity contribution in [3.63, 3.8) is 0 Å². The highest BCUT2D eigenvalue weighted by molar-refractivity contribution is 5.52. The number of fused-ring (bicyclic) bond motifs is 1. The van der Waals surface area contributed by atoms with Gasteiger partial charge in [0.2, 0.25) is 0 Å². The minimum absolute atomic E-state index is 0.628. The summed E-state index contributed by atoms with van der Waals surface area (Å²) in [6.07, 6.45) is 9.67. The summed E-state index contributed by atoms with van der Waals surface area (Å²) in [5, 5.41) is 0. The number of likely N-dealkylation sites (N-methyl/N-ethyl adjacent to an activating group) is 1. The van der Waals surface area contributed by atoms with Gasteiger partial charge >= 0.3 is 0 Å². The van der Waals surface area contributed by atoms with Gasteiger partial charge in [-0.3, -0.25) is 4.98 Å². The van der Waals surface area contributed by atoms with Gasteiger partial charge in [0, 0.05) is 44.8 Å². The van der Waals surface area contributed by atoms with E-state index in [2.05, 4.69) is 63.0 Å². The Labute approximate surface area is 130 Å². The standard InChI is InChI=1S/C17H21N5/c1-21(11-7-14-5-9-19-10-6-14)16-2-3-17-20-15(4-8-18)12-22(17)13-16/h2-3,5-6,9-10,12-13H,4,7-8,11,18H2,1H3. The van der Waals surface area contributed by atoms with E-state index in [9.17, 15) is 0 Å².